The highest BCUT2D eigenvalue weighted by atomic mass is 127. The summed E-state index contributed by atoms with van der Waals surface area (Å²) >= 11 is 0. The van der Waals surface area contributed by atoms with Gasteiger partial charge in [-0.3, -0.25) is 4.90 Å². The first kappa shape index (κ1) is 24.4. The van der Waals surface area contributed by atoms with Crippen LogP contribution in [0.4, 0.5) is 0 Å². The van der Waals surface area contributed by atoms with Gasteiger partial charge in [0.25, 0.3) is 0 Å². The van der Waals surface area contributed by atoms with E-state index in [1.54, 1.807) is 0 Å². The van der Waals surface area contributed by atoms with Crippen LogP contribution < -0.4 is 15.4 Å². The van der Waals surface area contributed by atoms with Crippen LogP contribution in [0.3, 0.4) is 0 Å². The second kappa shape index (κ2) is 14.2. The van der Waals surface area contributed by atoms with Gasteiger partial charge in [-0.1, -0.05) is 42.5 Å². The molecular formula is C23H33IN4O2. The highest BCUT2D eigenvalue weighted by Gasteiger charge is 2.09. The second-order valence-electron chi connectivity index (χ2n) is 7.00. The summed E-state index contributed by atoms with van der Waals surface area (Å²) in [5.41, 5.74) is 2.29. The Bertz CT molecular complexity index is 752. The largest absolute Gasteiger partial charge is 0.489 e. The van der Waals surface area contributed by atoms with Crippen LogP contribution in [-0.2, 0) is 17.9 Å². The minimum Gasteiger partial charge on any atom is -0.489 e. The number of guanidine groups is 1. The van der Waals surface area contributed by atoms with Crippen LogP contribution in [-0.4, -0.2) is 56.8 Å². The molecule has 0 radical (unpaired) electrons. The lowest BCUT2D eigenvalue weighted by atomic mass is 10.2. The van der Waals surface area contributed by atoms with Crippen molar-refractivity contribution in [2.45, 2.75) is 20.1 Å². The van der Waals surface area contributed by atoms with Crippen molar-refractivity contribution in [2.24, 2.45) is 4.99 Å². The summed E-state index contributed by atoms with van der Waals surface area (Å²) in [6.45, 7) is 9.63. The van der Waals surface area contributed by atoms with Crippen molar-refractivity contribution in [3.63, 3.8) is 0 Å². The van der Waals surface area contributed by atoms with Crippen LogP contribution in [0.25, 0.3) is 0 Å². The molecule has 30 heavy (non-hydrogen) atoms. The van der Waals surface area contributed by atoms with E-state index >= 15 is 0 Å². The standard InChI is InChI=1S/C23H32N4O2.HI/c1-2-24-23(25-11-12-27-13-15-28-16-14-27)26-18-21-9-6-10-22(17-21)29-19-20-7-4-3-5-8-20;/h3-10,17H,2,11-16,18-19H2,1H3,(H2,24,25,26);1H. The van der Waals surface area contributed by atoms with E-state index in [0.29, 0.717) is 13.2 Å². The monoisotopic (exact) mass is 524 g/mol. The van der Waals surface area contributed by atoms with Gasteiger partial charge in [0.15, 0.2) is 5.96 Å². The van der Waals surface area contributed by atoms with Crippen molar-refractivity contribution in [3.8, 4) is 5.75 Å². The third kappa shape index (κ3) is 8.89. The Morgan fingerprint density at radius 2 is 1.80 bits per heavy atom. The third-order valence-corrected chi connectivity index (χ3v) is 4.73. The molecule has 1 fully saturated rings. The third-order valence-electron chi connectivity index (χ3n) is 4.73. The van der Waals surface area contributed by atoms with E-state index in [0.717, 1.165) is 68.8 Å². The van der Waals surface area contributed by atoms with E-state index < -0.39 is 0 Å². The number of halogens is 1. The van der Waals surface area contributed by atoms with Gasteiger partial charge in [-0.05, 0) is 30.2 Å². The molecule has 1 heterocycles. The van der Waals surface area contributed by atoms with Gasteiger partial charge < -0.3 is 20.1 Å². The summed E-state index contributed by atoms with van der Waals surface area (Å²) in [5, 5.41) is 6.74. The van der Waals surface area contributed by atoms with Gasteiger partial charge in [0.2, 0.25) is 0 Å². The fourth-order valence-corrected chi connectivity index (χ4v) is 3.14. The maximum atomic E-state index is 5.92. The van der Waals surface area contributed by atoms with E-state index in [1.165, 1.54) is 0 Å². The van der Waals surface area contributed by atoms with Crippen molar-refractivity contribution in [1.29, 1.82) is 0 Å². The molecule has 0 bridgehead atoms. The minimum atomic E-state index is 0. The zero-order valence-corrected chi connectivity index (χ0v) is 20.0. The van der Waals surface area contributed by atoms with Crippen LogP contribution in [0.1, 0.15) is 18.1 Å². The molecule has 1 aliphatic heterocycles. The van der Waals surface area contributed by atoms with Gasteiger partial charge in [-0.15, -0.1) is 24.0 Å². The maximum Gasteiger partial charge on any atom is 0.191 e. The van der Waals surface area contributed by atoms with Gasteiger partial charge in [-0.2, -0.15) is 0 Å². The zero-order chi connectivity index (χ0) is 20.2. The van der Waals surface area contributed by atoms with Crippen molar-refractivity contribution < 1.29 is 9.47 Å². The van der Waals surface area contributed by atoms with Gasteiger partial charge in [0.05, 0.1) is 19.8 Å². The first-order chi connectivity index (χ1) is 14.3. The molecule has 7 heteroatoms. The first-order valence-corrected chi connectivity index (χ1v) is 10.4. The molecule has 6 nitrogen and oxygen atoms in total. The van der Waals surface area contributed by atoms with Gasteiger partial charge >= 0.3 is 0 Å². The summed E-state index contributed by atoms with van der Waals surface area (Å²) in [4.78, 5) is 7.13. The van der Waals surface area contributed by atoms with Crippen LogP contribution in [0.5, 0.6) is 5.75 Å². The van der Waals surface area contributed by atoms with E-state index in [1.807, 2.05) is 30.3 Å². The molecule has 0 aliphatic carbocycles. The van der Waals surface area contributed by atoms with Gasteiger partial charge in [0.1, 0.15) is 12.4 Å². The molecule has 1 saturated heterocycles. The highest BCUT2D eigenvalue weighted by Crippen LogP contribution is 2.16. The summed E-state index contributed by atoms with van der Waals surface area (Å²) in [5.74, 6) is 1.71. The van der Waals surface area contributed by atoms with Crippen molar-refractivity contribution >= 4 is 29.9 Å². The Hall–Kier alpha value is -1.84. The molecule has 0 amide bonds. The van der Waals surface area contributed by atoms with Crippen LogP contribution in [0.15, 0.2) is 59.6 Å². The highest BCUT2D eigenvalue weighted by molar-refractivity contribution is 14.0. The fourth-order valence-electron chi connectivity index (χ4n) is 3.14. The second-order valence-corrected chi connectivity index (χ2v) is 7.00. The number of ether oxygens (including phenoxy) is 2. The Balaban J connectivity index is 0.00000320. The number of benzene rings is 2. The first-order valence-electron chi connectivity index (χ1n) is 10.4. The number of nitrogens with one attached hydrogen (secondary N) is 2. The molecule has 2 N–H and O–H groups in total. The van der Waals surface area contributed by atoms with Crippen molar-refractivity contribution in [2.75, 3.05) is 45.9 Å². The Morgan fingerprint density at radius 1 is 1.03 bits per heavy atom. The summed E-state index contributed by atoms with van der Waals surface area (Å²) in [6, 6.07) is 18.3. The Kier molecular flexibility index (Phi) is 11.6. The SMILES string of the molecule is CCNC(=NCc1cccc(OCc2ccccc2)c1)NCCN1CCOCC1.I. The van der Waals surface area contributed by atoms with Gasteiger partial charge in [-0.25, -0.2) is 4.99 Å². The molecular weight excluding hydrogens is 491 g/mol. The Morgan fingerprint density at radius 3 is 2.57 bits per heavy atom. The van der Waals surface area contributed by atoms with E-state index in [2.05, 4.69) is 46.7 Å². The molecule has 0 spiro atoms. The zero-order valence-electron chi connectivity index (χ0n) is 17.7. The summed E-state index contributed by atoms with van der Waals surface area (Å²) in [6.07, 6.45) is 0. The predicted molar refractivity (Wildman–Crippen MR) is 133 cm³/mol. The molecule has 164 valence electrons. The molecule has 2 aromatic carbocycles. The fraction of sp³-hybridized carbons (Fsp3) is 0.435. The van der Waals surface area contributed by atoms with Gasteiger partial charge in [0, 0.05) is 32.7 Å². The number of morpholine rings is 1. The topological polar surface area (TPSA) is 58.1 Å². The lowest BCUT2D eigenvalue weighted by Gasteiger charge is -2.26. The average molecular weight is 524 g/mol. The lowest BCUT2D eigenvalue weighted by molar-refractivity contribution is 0.0389. The molecule has 0 atom stereocenters. The molecule has 3 rings (SSSR count). The Labute approximate surface area is 197 Å². The van der Waals surface area contributed by atoms with Crippen molar-refractivity contribution in [3.05, 3.63) is 65.7 Å². The van der Waals surface area contributed by atoms with Crippen molar-refractivity contribution in [1.82, 2.24) is 15.5 Å². The number of hydrogen-bond donors (Lipinski definition) is 2. The number of rotatable bonds is 9. The molecule has 0 unspecified atom stereocenters. The molecule has 0 aromatic heterocycles. The van der Waals surface area contributed by atoms with E-state index in [9.17, 15) is 0 Å². The normalized spacial score (nSPS) is 14.6. The summed E-state index contributed by atoms with van der Waals surface area (Å²) in [7, 11) is 0. The molecule has 0 saturated carbocycles. The number of aliphatic imine (C=N–C) groups is 1. The molecule has 2 aromatic rings. The number of hydrogen-bond acceptors (Lipinski definition) is 4. The average Bonchev–Trinajstić information content (AvgIpc) is 2.78. The van der Waals surface area contributed by atoms with Crippen LogP contribution in [0.2, 0.25) is 0 Å². The minimum absolute atomic E-state index is 0. The number of nitrogens with zero attached hydrogens (tertiary/aromatic N) is 2. The van der Waals surface area contributed by atoms with Crippen LogP contribution >= 0.6 is 24.0 Å². The predicted octanol–water partition coefficient (Wildman–Crippen LogP) is 3.27. The van der Waals surface area contributed by atoms with E-state index in [-0.39, 0.29) is 24.0 Å². The smallest absolute Gasteiger partial charge is 0.191 e. The maximum absolute atomic E-state index is 5.92. The molecule has 1 aliphatic rings. The quantitative estimate of drug-likeness (QED) is 0.300. The summed E-state index contributed by atoms with van der Waals surface area (Å²) < 4.78 is 11.3. The lowest BCUT2D eigenvalue weighted by Crippen LogP contribution is -2.44. The van der Waals surface area contributed by atoms with Crippen LogP contribution in [0, 0.1) is 0 Å². The van der Waals surface area contributed by atoms with E-state index in [4.69, 9.17) is 14.5 Å².